The highest BCUT2D eigenvalue weighted by molar-refractivity contribution is 6.17. The van der Waals surface area contributed by atoms with Crippen molar-refractivity contribution in [3.8, 4) is 0 Å². The zero-order valence-corrected chi connectivity index (χ0v) is 22.6. The number of piperidine rings is 1. The Labute approximate surface area is 223 Å². The molecule has 5 heterocycles. The van der Waals surface area contributed by atoms with Gasteiger partial charge >= 0.3 is 6.03 Å². The molecule has 1 aromatic carbocycles. The van der Waals surface area contributed by atoms with Gasteiger partial charge in [0, 0.05) is 63.1 Å². The fourth-order valence-corrected chi connectivity index (χ4v) is 6.37. The maximum Gasteiger partial charge on any atom is 0.327 e. The summed E-state index contributed by atoms with van der Waals surface area (Å²) in [7, 11) is 2.21. The third-order valence-corrected chi connectivity index (χ3v) is 8.58. The highest BCUT2D eigenvalue weighted by atomic mass is 19.1. The van der Waals surface area contributed by atoms with Gasteiger partial charge in [-0.25, -0.2) is 19.2 Å². The van der Waals surface area contributed by atoms with E-state index in [0.29, 0.717) is 41.4 Å². The summed E-state index contributed by atoms with van der Waals surface area (Å²) >= 11 is 0. The van der Waals surface area contributed by atoms with Crippen molar-refractivity contribution in [3.05, 3.63) is 47.3 Å². The number of urea groups is 1. The van der Waals surface area contributed by atoms with Gasteiger partial charge in [-0.15, -0.1) is 0 Å². The Morgan fingerprint density at radius 2 is 1.87 bits per heavy atom. The van der Waals surface area contributed by atoms with Crippen molar-refractivity contribution in [1.29, 1.82) is 0 Å². The molecule has 2 aromatic rings. The number of carbonyl (C=O) groups excluding carboxylic acids is 1. The minimum Gasteiger partial charge on any atom is -0.368 e. The van der Waals surface area contributed by atoms with Gasteiger partial charge in [0.2, 0.25) is 0 Å². The molecule has 0 unspecified atom stereocenters. The number of nitrogens with one attached hydrogen (secondary N) is 1. The maximum absolute atomic E-state index is 15.7. The zero-order chi connectivity index (χ0) is 26.4. The number of halogens is 1. The lowest BCUT2D eigenvalue weighted by Crippen LogP contribution is -2.48. The molecule has 4 aliphatic rings. The van der Waals surface area contributed by atoms with Gasteiger partial charge in [0.1, 0.15) is 12.1 Å². The number of likely N-dealkylation sites (tertiary alicyclic amines) is 1. The van der Waals surface area contributed by atoms with Gasteiger partial charge in [-0.3, -0.25) is 9.80 Å². The number of rotatable bonds is 5. The number of amides is 2. The first kappa shape index (κ1) is 25.1. The van der Waals surface area contributed by atoms with Crippen molar-refractivity contribution < 1.29 is 9.18 Å². The Kier molecular flexibility index (Phi) is 6.69. The number of hydrogen-bond acceptors (Lipinski definition) is 7. The molecule has 0 bridgehead atoms. The van der Waals surface area contributed by atoms with Crippen molar-refractivity contribution in [2.24, 2.45) is 0 Å². The minimum absolute atomic E-state index is 0.198. The van der Waals surface area contributed by atoms with E-state index in [9.17, 15) is 4.79 Å². The van der Waals surface area contributed by atoms with E-state index in [-0.39, 0.29) is 17.5 Å². The molecule has 0 atom stereocenters. The van der Waals surface area contributed by atoms with E-state index in [1.807, 2.05) is 13.0 Å². The Morgan fingerprint density at radius 3 is 2.61 bits per heavy atom. The Balaban J connectivity index is 1.16. The molecular formula is C28H37FN8O. The standard InChI is InChI=1S/C28H37FN8O/c1-4-36-27-24-22(30-18-31-27)16-20(25(29)26(24)32-28(36)38)17-34-12-14-35(15-13-34)23-6-5-9-37(19(23)2)21-7-10-33(3)11-8-21/h5-6,16,18,21H,4,7-15,17H2,1-3H3,(H,32,38). The normalized spacial score (nSPS) is 21.6. The van der Waals surface area contributed by atoms with Crippen LogP contribution < -0.4 is 10.2 Å². The molecule has 6 rings (SSSR count). The van der Waals surface area contributed by atoms with Crippen LogP contribution in [0, 0.1) is 5.82 Å². The van der Waals surface area contributed by atoms with Gasteiger partial charge in [-0.05, 0) is 59.0 Å². The summed E-state index contributed by atoms with van der Waals surface area (Å²) in [5.41, 5.74) is 4.10. The van der Waals surface area contributed by atoms with Crippen LogP contribution in [0.2, 0.25) is 0 Å². The fourth-order valence-electron chi connectivity index (χ4n) is 6.37. The SMILES string of the molecule is CCN1C(=O)Nc2c(F)c(CN3CCN(C4=C(C)N(C5CCN(C)CC5)CC=C4)CC3)cc3ncnc1c23. The summed E-state index contributed by atoms with van der Waals surface area (Å²) in [5.74, 6) is 0.0800. The summed E-state index contributed by atoms with van der Waals surface area (Å²) in [6.45, 7) is 11.9. The minimum atomic E-state index is -0.386. The molecule has 2 amide bonds. The fraction of sp³-hybridized carbons (Fsp3) is 0.536. The molecule has 38 heavy (non-hydrogen) atoms. The number of carbonyl (C=O) groups is 1. The number of hydrogen-bond donors (Lipinski definition) is 1. The first-order valence-electron chi connectivity index (χ1n) is 13.8. The van der Waals surface area contributed by atoms with Crippen molar-refractivity contribution in [2.75, 3.05) is 69.6 Å². The quantitative estimate of drug-likeness (QED) is 0.648. The topological polar surface area (TPSA) is 71.1 Å². The third-order valence-electron chi connectivity index (χ3n) is 8.58. The van der Waals surface area contributed by atoms with Crippen LogP contribution in [0.4, 0.5) is 20.7 Å². The van der Waals surface area contributed by atoms with Gasteiger partial charge in [0.15, 0.2) is 5.82 Å². The molecule has 0 saturated carbocycles. The lowest BCUT2D eigenvalue weighted by Gasteiger charge is -2.44. The monoisotopic (exact) mass is 520 g/mol. The number of allylic oxidation sites excluding steroid dienone is 2. The number of benzene rings is 1. The predicted octanol–water partition coefficient (Wildman–Crippen LogP) is 3.46. The second-order valence-corrected chi connectivity index (χ2v) is 10.8. The van der Waals surface area contributed by atoms with Gasteiger partial charge < -0.3 is 20.0 Å². The van der Waals surface area contributed by atoms with Gasteiger partial charge in [0.05, 0.1) is 22.3 Å². The second kappa shape index (κ2) is 10.1. The lowest BCUT2D eigenvalue weighted by atomic mass is 10.0. The molecule has 0 radical (unpaired) electrons. The van der Waals surface area contributed by atoms with E-state index >= 15 is 4.39 Å². The molecule has 1 N–H and O–H groups in total. The molecule has 202 valence electrons. The average molecular weight is 521 g/mol. The van der Waals surface area contributed by atoms with Crippen LogP contribution in [0.15, 0.2) is 35.9 Å². The van der Waals surface area contributed by atoms with Gasteiger partial charge in [0.25, 0.3) is 0 Å². The zero-order valence-electron chi connectivity index (χ0n) is 22.6. The van der Waals surface area contributed by atoms with E-state index in [4.69, 9.17) is 0 Å². The van der Waals surface area contributed by atoms with Crippen molar-refractivity contribution >= 4 is 28.4 Å². The van der Waals surface area contributed by atoms with E-state index in [1.165, 1.54) is 35.5 Å². The Hall–Kier alpha value is -3.24. The molecule has 1 aromatic heterocycles. The summed E-state index contributed by atoms with van der Waals surface area (Å²) in [5, 5.41) is 3.31. The highest BCUT2D eigenvalue weighted by Crippen LogP contribution is 2.38. The van der Waals surface area contributed by atoms with E-state index < -0.39 is 0 Å². The van der Waals surface area contributed by atoms with Crippen LogP contribution in [0.5, 0.6) is 0 Å². The highest BCUT2D eigenvalue weighted by Gasteiger charge is 2.31. The van der Waals surface area contributed by atoms with E-state index in [2.05, 4.69) is 61.0 Å². The molecule has 0 aliphatic carbocycles. The van der Waals surface area contributed by atoms with Crippen LogP contribution in [-0.2, 0) is 6.54 Å². The maximum atomic E-state index is 15.7. The van der Waals surface area contributed by atoms with Crippen LogP contribution in [0.3, 0.4) is 0 Å². The first-order valence-corrected chi connectivity index (χ1v) is 13.8. The van der Waals surface area contributed by atoms with Crippen LogP contribution in [0.25, 0.3) is 10.9 Å². The summed E-state index contributed by atoms with van der Waals surface area (Å²) < 4.78 is 15.7. The summed E-state index contributed by atoms with van der Waals surface area (Å²) in [6.07, 6.45) is 8.46. The van der Waals surface area contributed by atoms with Crippen molar-refractivity contribution in [3.63, 3.8) is 0 Å². The first-order chi connectivity index (χ1) is 18.4. The number of piperazine rings is 1. The molecule has 10 heteroatoms. The molecule has 4 aliphatic heterocycles. The van der Waals surface area contributed by atoms with Crippen molar-refractivity contribution in [1.82, 2.24) is 29.6 Å². The summed E-state index contributed by atoms with van der Waals surface area (Å²) in [6, 6.07) is 2.06. The molecule has 2 saturated heterocycles. The Bertz CT molecular complexity index is 1290. The third kappa shape index (κ3) is 4.39. The molecular weight excluding hydrogens is 483 g/mol. The van der Waals surface area contributed by atoms with Crippen LogP contribution in [0.1, 0.15) is 32.3 Å². The predicted molar refractivity (Wildman–Crippen MR) is 147 cm³/mol. The number of anilines is 2. The number of aromatic nitrogens is 2. The lowest BCUT2D eigenvalue weighted by molar-refractivity contribution is 0.136. The molecule has 0 spiro atoms. The van der Waals surface area contributed by atoms with Crippen molar-refractivity contribution in [2.45, 2.75) is 39.3 Å². The second-order valence-electron chi connectivity index (χ2n) is 10.8. The van der Waals surface area contributed by atoms with Gasteiger partial charge in [-0.2, -0.15) is 0 Å². The Morgan fingerprint density at radius 1 is 1.11 bits per heavy atom. The largest absolute Gasteiger partial charge is 0.368 e. The average Bonchev–Trinajstić information content (AvgIpc) is 2.93. The van der Waals surface area contributed by atoms with E-state index in [1.54, 1.807) is 0 Å². The molecule has 9 nitrogen and oxygen atoms in total. The van der Waals surface area contributed by atoms with E-state index in [0.717, 1.165) is 45.8 Å². The van der Waals surface area contributed by atoms with Crippen LogP contribution >= 0.6 is 0 Å². The molecule has 2 fully saturated rings. The smallest absolute Gasteiger partial charge is 0.327 e. The van der Waals surface area contributed by atoms with Crippen LogP contribution in [-0.4, -0.2) is 101 Å². The summed E-state index contributed by atoms with van der Waals surface area (Å²) in [4.78, 5) is 32.6. The number of nitrogens with zero attached hydrogens (tertiary/aromatic N) is 7. The van der Waals surface area contributed by atoms with Gasteiger partial charge in [-0.1, -0.05) is 6.08 Å².